The highest BCUT2D eigenvalue weighted by molar-refractivity contribution is 7.89. The molecule has 1 unspecified atom stereocenters. The first-order valence-corrected chi connectivity index (χ1v) is 9.47. The second kappa shape index (κ2) is 5.93. The number of hydrogen-bond donors (Lipinski definition) is 2. The largest absolute Gasteiger partial charge is 0.358 e. The van der Waals surface area contributed by atoms with Crippen LogP contribution in [0.5, 0.6) is 0 Å². The maximum absolute atomic E-state index is 13.4. The minimum absolute atomic E-state index is 0.0423. The zero-order valence-electron chi connectivity index (χ0n) is 13.2. The van der Waals surface area contributed by atoms with Crippen molar-refractivity contribution in [3.05, 3.63) is 65.4 Å². The Kier molecular flexibility index (Phi) is 3.85. The molecule has 3 aromatic rings. The summed E-state index contributed by atoms with van der Waals surface area (Å²) in [6, 6.07) is 9.07. The maximum Gasteiger partial charge on any atom is 0.240 e. The van der Waals surface area contributed by atoms with Crippen molar-refractivity contribution in [1.29, 1.82) is 0 Å². The number of fused-ring (bicyclic) bond motifs is 3. The van der Waals surface area contributed by atoms with E-state index in [1.807, 2.05) is 0 Å². The second-order valence-electron chi connectivity index (χ2n) is 6.29. The van der Waals surface area contributed by atoms with Gasteiger partial charge in [0, 0.05) is 22.6 Å². The molecule has 0 aliphatic heterocycles. The molecule has 1 aromatic heterocycles. The molecule has 1 atom stereocenters. The third kappa shape index (κ3) is 3.05. The number of halogens is 2. The molecule has 0 saturated carbocycles. The first kappa shape index (κ1) is 16.2. The van der Waals surface area contributed by atoms with E-state index in [9.17, 15) is 17.2 Å². The van der Waals surface area contributed by atoms with Crippen molar-refractivity contribution in [2.24, 2.45) is 0 Å². The van der Waals surface area contributed by atoms with E-state index in [2.05, 4.69) is 9.71 Å². The Morgan fingerprint density at radius 2 is 1.76 bits per heavy atom. The molecule has 7 heteroatoms. The lowest BCUT2D eigenvalue weighted by atomic mass is 9.92. The van der Waals surface area contributed by atoms with Gasteiger partial charge in [0.2, 0.25) is 10.0 Å². The quantitative estimate of drug-likeness (QED) is 0.751. The predicted molar refractivity (Wildman–Crippen MR) is 90.8 cm³/mol. The molecular weight excluding hydrogens is 346 g/mol. The number of H-pyrrole nitrogens is 1. The van der Waals surface area contributed by atoms with E-state index in [-0.39, 0.29) is 16.8 Å². The Balaban J connectivity index is 1.60. The fourth-order valence-corrected chi connectivity index (χ4v) is 4.67. The van der Waals surface area contributed by atoms with Crippen molar-refractivity contribution in [3.8, 4) is 0 Å². The number of rotatable bonds is 3. The Labute approximate surface area is 143 Å². The Hall–Kier alpha value is -2.25. The van der Waals surface area contributed by atoms with Crippen LogP contribution < -0.4 is 4.72 Å². The number of benzene rings is 2. The molecule has 0 fully saturated rings. The van der Waals surface area contributed by atoms with Gasteiger partial charge in [0.05, 0.1) is 4.90 Å². The number of nitrogens with one attached hydrogen (secondary N) is 2. The summed E-state index contributed by atoms with van der Waals surface area (Å²) in [6.07, 6.45) is 1.85. The molecule has 130 valence electrons. The standard InChI is InChI=1S/C18H16F2N2O2S/c19-11-1-5-14(6-2-11)25(23,24)22-13-4-8-17-16(10-13)15-7-3-12(20)9-18(15)21-17/h1-3,5-7,9,13,21-22H,4,8,10H2. The molecule has 0 saturated heterocycles. The average Bonchev–Trinajstić information content (AvgIpc) is 2.91. The number of aryl methyl sites for hydroxylation is 1. The molecule has 1 heterocycles. The van der Waals surface area contributed by atoms with E-state index < -0.39 is 15.8 Å². The van der Waals surface area contributed by atoms with Crippen molar-refractivity contribution in [2.75, 3.05) is 0 Å². The van der Waals surface area contributed by atoms with E-state index in [4.69, 9.17) is 0 Å². The first-order chi connectivity index (χ1) is 11.9. The van der Waals surface area contributed by atoms with Gasteiger partial charge in [-0.1, -0.05) is 0 Å². The Morgan fingerprint density at radius 1 is 1.04 bits per heavy atom. The lowest BCUT2D eigenvalue weighted by molar-refractivity contribution is 0.506. The van der Waals surface area contributed by atoms with Crippen LogP contribution in [0.3, 0.4) is 0 Å². The summed E-state index contributed by atoms with van der Waals surface area (Å²) >= 11 is 0. The zero-order chi connectivity index (χ0) is 17.6. The summed E-state index contributed by atoms with van der Waals surface area (Å²) in [4.78, 5) is 3.26. The van der Waals surface area contributed by atoms with Gasteiger partial charge in [-0.15, -0.1) is 0 Å². The summed E-state index contributed by atoms with van der Waals surface area (Å²) in [7, 11) is -3.71. The fraction of sp³-hybridized carbons (Fsp3) is 0.222. The normalized spacial score (nSPS) is 17.6. The molecule has 4 nitrogen and oxygen atoms in total. The van der Waals surface area contributed by atoms with Gasteiger partial charge < -0.3 is 4.98 Å². The van der Waals surface area contributed by atoms with Crippen molar-refractivity contribution in [2.45, 2.75) is 30.2 Å². The molecule has 4 rings (SSSR count). The molecule has 0 spiro atoms. The highest BCUT2D eigenvalue weighted by atomic mass is 32.2. The van der Waals surface area contributed by atoms with Gasteiger partial charge in [0.25, 0.3) is 0 Å². The maximum atomic E-state index is 13.4. The van der Waals surface area contributed by atoms with Gasteiger partial charge in [0.15, 0.2) is 0 Å². The van der Waals surface area contributed by atoms with Crippen molar-refractivity contribution in [1.82, 2.24) is 9.71 Å². The summed E-state index contributed by atoms with van der Waals surface area (Å²) in [5.74, 6) is -0.785. The van der Waals surface area contributed by atoms with Gasteiger partial charge in [-0.2, -0.15) is 0 Å². The highest BCUT2D eigenvalue weighted by Gasteiger charge is 2.26. The minimum atomic E-state index is -3.71. The summed E-state index contributed by atoms with van der Waals surface area (Å²) in [5, 5.41) is 0.919. The second-order valence-corrected chi connectivity index (χ2v) is 8.00. The third-order valence-electron chi connectivity index (χ3n) is 4.60. The van der Waals surface area contributed by atoms with E-state index >= 15 is 0 Å². The molecule has 0 bridgehead atoms. The van der Waals surface area contributed by atoms with Crippen LogP contribution in [0.15, 0.2) is 47.4 Å². The number of hydrogen-bond acceptors (Lipinski definition) is 2. The van der Waals surface area contributed by atoms with Gasteiger partial charge in [0.1, 0.15) is 11.6 Å². The Bertz CT molecular complexity index is 1040. The fourth-order valence-electron chi connectivity index (χ4n) is 3.40. The zero-order valence-corrected chi connectivity index (χ0v) is 14.0. The van der Waals surface area contributed by atoms with Crippen LogP contribution in [0.2, 0.25) is 0 Å². The predicted octanol–water partition coefficient (Wildman–Crippen LogP) is 3.28. The number of sulfonamides is 1. The molecule has 1 aliphatic carbocycles. The monoisotopic (exact) mass is 362 g/mol. The van der Waals surface area contributed by atoms with Crippen LogP contribution in [0.1, 0.15) is 17.7 Å². The minimum Gasteiger partial charge on any atom is -0.358 e. The highest BCUT2D eigenvalue weighted by Crippen LogP contribution is 2.30. The van der Waals surface area contributed by atoms with Gasteiger partial charge in [-0.3, -0.25) is 0 Å². The van der Waals surface area contributed by atoms with E-state index in [1.54, 1.807) is 6.07 Å². The SMILES string of the molecule is O=S(=O)(NC1CCc2[nH]c3cc(F)ccc3c2C1)c1ccc(F)cc1. The van der Waals surface area contributed by atoms with Gasteiger partial charge in [-0.05, 0) is 67.3 Å². The topological polar surface area (TPSA) is 62.0 Å². The van der Waals surface area contributed by atoms with E-state index in [0.29, 0.717) is 19.3 Å². The van der Waals surface area contributed by atoms with Crippen molar-refractivity contribution in [3.63, 3.8) is 0 Å². The van der Waals surface area contributed by atoms with Crippen LogP contribution in [0.25, 0.3) is 10.9 Å². The number of aromatic nitrogens is 1. The molecule has 2 N–H and O–H groups in total. The van der Waals surface area contributed by atoms with Crippen molar-refractivity contribution >= 4 is 20.9 Å². The van der Waals surface area contributed by atoms with Crippen LogP contribution >= 0.6 is 0 Å². The number of aromatic amines is 1. The molecule has 1 aliphatic rings. The summed E-state index contributed by atoms with van der Waals surface area (Å²) < 4.78 is 54.0. The van der Waals surface area contributed by atoms with Crippen LogP contribution in [0.4, 0.5) is 8.78 Å². The lowest BCUT2D eigenvalue weighted by Gasteiger charge is -2.23. The first-order valence-electron chi connectivity index (χ1n) is 7.99. The molecule has 0 radical (unpaired) electrons. The van der Waals surface area contributed by atoms with E-state index in [0.717, 1.165) is 34.3 Å². The van der Waals surface area contributed by atoms with Crippen LogP contribution in [0, 0.1) is 11.6 Å². The molecule has 25 heavy (non-hydrogen) atoms. The smallest absolute Gasteiger partial charge is 0.240 e. The van der Waals surface area contributed by atoms with Crippen molar-refractivity contribution < 1.29 is 17.2 Å². The summed E-state index contributed by atoms with van der Waals surface area (Å²) in [6.45, 7) is 0. The Morgan fingerprint density at radius 3 is 2.52 bits per heavy atom. The lowest BCUT2D eigenvalue weighted by Crippen LogP contribution is -2.38. The average molecular weight is 362 g/mol. The van der Waals surface area contributed by atoms with Crippen LogP contribution in [-0.2, 0) is 22.9 Å². The van der Waals surface area contributed by atoms with Gasteiger partial charge >= 0.3 is 0 Å². The molecular formula is C18H16F2N2O2S. The third-order valence-corrected chi connectivity index (χ3v) is 6.13. The molecule has 0 amide bonds. The molecule has 2 aromatic carbocycles. The summed E-state index contributed by atoms with van der Waals surface area (Å²) in [5.41, 5.74) is 2.78. The van der Waals surface area contributed by atoms with Crippen LogP contribution in [-0.4, -0.2) is 19.4 Å². The van der Waals surface area contributed by atoms with E-state index in [1.165, 1.54) is 24.3 Å². The van der Waals surface area contributed by atoms with Gasteiger partial charge in [-0.25, -0.2) is 21.9 Å².